The molecule has 0 spiro atoms. The summed E-state index contributed by atoms with van der Waals surface area (Å²) in [5, 5.41) is 10.3. The van der Waals surface area contributed by atoms with E-state index in [1.165, 1.54) is 25.7 Å². The molecule has 3 rings (SSSR count). The summed E-state index contributed by atoms with van der Waals surface area (Å²) in [4.78, 5) is 4.10. The van der Waals surface area contributed by atoms with Crippen molar-refractivity contribution in [1.82, 2.24) is 4.98 Å². The maximum absolute atomic E-state index is 10.3. The molecule has 4 atom stereocenters. The average molecular weight is 217 g/mol. The van der Waals surface area contributed by atoms with Crippen LogP contribution in [0.15, 0.2) is 24.5 Å². The van der Waals surface area contributed by atoms with E-state index in [4.69, 9.17) is 0 Å². The topological polar surface area (TPSA) is 33.1 Å². The van der Waals surface area contributed by atoms with Crippen molar-refractivity contribution in [2.24, 2.45) is 17.8 Å². The molecule has 2 aliphatic rings. The molecule has 0 saturated heterocycles. The fraction of sp³-hybridized carbons (Fsp3) is 0.643. The summed E-state index contributed by atoms with van der Waals surface area (Å²) < 4.78 is 0. The fourth-order valence-electron chi connectivity index (χ4n) is 3.68. The van der Waals surface area contributed by atoms with Gasteiger partial charge in [-0.3, -0.25) is 4.98 Å². The van der Waals surface area contributed by atoms with Gasteiger partial charge in [-0.25, -0.2) is 0 Å². The Labute approximate surface area is 96.7 Å². The Bertz CT molecular complexity index is 351. The summed E-state index contributed by atoms with van der Waals surface area (Å²) in [6.45, 7) is 0. The standard InChI is InChI=1S/C14H19NO/c16-14(8-11-2-1-5-15-9-11)13-7-10-3-4-12(13)6-10/h1-2,5,9-10,12-14,16H,3-4,6-8H2. The number of aromatic nitrogens is 1. The molecule has 0 radical (unpaired) electrons. The molecular weight excluding hydrogens is 198 g/mol. The minimum Gasteiger partial charge on any atom is -0.392 e. The van der Waals surface area contributed by atoms with E-state index < -0.39 is 0 Å². The second-order valence-corrected chi connectivity index (χ2v) is 5.47. The van der Waals surface area contributed by atoms with Gasteiger partial charge in [0.15, 0.2) is 0 Å². The SMILES string of the molecule is OC(Cc1cccnc1)C1CC2CCC1C2. The molecule has 2 fully saturated rings. The van der Waals surface area contributed by atoms with Gasteiger partial charge in [0.1, 0.15) is 0 Å². The average Bonchev–Trinajstić information content (AvgIpc) is 2.92. The third kappa shape index (κ3) is 1.86. The highest BCUT2D eigenvalue weighted by atomic mass is 16.3. The summed E-state index contributed by atoms with van der Waals surface area (Å²) in [6, 6.07) is 4.01. The van der Waals surface area contributed by atoms with Gasteiger partial charge < -0.3 is 5.11 Å². The summed E-state index contributed by atoms with van der Waals surface area (Å²) in [7, 11) is 0. The molecule has 4 unspecified atom stereocenters. The van der Waals surface area contributed by atoms with Gasteiger partial charge in [0.05, 0.1) is 6.10 Å². The first kappa shape index (κ1) is 10.3. The Morgan fingerprint density at radius 1 is 1.38 bits per heavy atom. The maximum atomic E-state index is 10.3. The quantitative estimate of drug-likeness (QED) is 0.843. The molecule has 0 aliphatic heterocycles. The number of nitrogens with zero attached hydrogens (tertiary/aromatic N) is 1. The number of aliphatic hydroxyl groups is 1. The lowest BCUT2D eigenvalue weighted by Gasteiger charge is -2.26. The number of aliphatic hydroxyl groups excluding tert-OH is 1. The van der Waals surface area contributed by atoms with Crippen LogP contribution in [0.2, 0.25) is 0 Å². The van der Waals surface area contributed by atoms with Crippen molar-refractivity contribution in [3.63, 3.8) is 0 Å². The predicted octanol–water partition coefficient (Wildman–Crippen LogP) is 2.42. The summed E-state index contributed by atoms with van der Waals surface area (Å²) in [6.07, 6.45) is 9.66. The van der Waals surface area contributed by atoms with Crippen LogP contribution in [0.25, 0.3) is 0 Å². The van der Waals surface area contributed by atoms with Crippen LogP contribution < -0.4 is 0 Å². The minimum atomic E-state index is -0.153. The molecule has 1 aromatic heterocycles. The number of pyridine rings is 1. The van der Waals surface area contributed by atoms with Crippen LogP contribution in [0, 0.1) is 17.8 Å². The monoisotopic (exact) mass is 217 g/mol. The predicted molar refractivity (Wildman–Crippen MR) is 62.9 cm³/mol. The fourth-order valence-corrected chi connectivity index (χ4v) is 3.68. The molecule has 2 bridgehead atoms. The zero-order valence-electron chi connectivity index (χ0n) is 9.55. The van der Waals surface area contributed by atoms with Crippen molar-refractivity contribution < 1.29 is 5.11 Å². The molecule has 2 nitrogen and oxygen atoms in total. The Kier molecular flexibility index (Phi) is 2.68. The normalized spacial score (nSPS) is 34.2. The largest absolute Gasteiger partial charge is 0.392 e. The van der Waals surface area contributed by atoms with Crippen molar-refractivity contribution in [1.29, 1.82) is 0 Å². The minimum absolute atomic E-state index is 0.153. The molecule has 1 aromatic rings. The second kappa shape index (κ2) is 4.17. The summed E-state index contributed by atoms with van der Waals surface area (Å²) in [5.74, 6) is 2.27. The highest BCUT2D eigenvalue weighted by Crippen LogP contribution is 2.49. The first-order valence-corrected chi connectivity index (χ1v) is 6.40. The lowest BCUT2D eigenvalue weighted by atomic mass is 9.83. The van der Waals surface area contributed by atoms with Gasteiger partial charge in [-0.2, -0.15) is 0 Å². The van der Waals surface area contributed by atoms with Gasteiger partial charge in [0, 0.05) is 18.8 Å². The molecule has 2 aliphatic carbocycles. The van der Waals surface area contributed by atoms with Crippen LogP contribution in [0.1, 0.15) is 31.2 Å². The third-order valence-corrected chi connectivity index (χ3v) is 4.45. The van der Waals surface area contributed by atoms with E-state index in [-0.39, 0.29) is 6.10 Å². The van der Waals surface area contributed by atoms with Gasteiger partial charge >= 0.3 is 0 Å². The van der Waals surface area contributed by atoms with Crippen LogP contribution >= 0.6 is 0 Å². The lowest BCUT2D eigenvalue weighted by molar-refractivity contribution is 0.0750. The van der Waals surface area contributed by atoms with Crippen molar-refractivity contribution in [2.75, 3.05) is 0 Å². The number of hydrogen-bond acceptors (Lipinski definition) is 2. The molecule has 16 heavy (non-hydrogen) atoms. The molecule has 86 valence electrons. The Morgan fingerprint density at radius 3 is 2.94 bits per heavy atom. The molecule has 1 N–H and O–H groups in total. The lowest BCUT2D eigenvalue weighted by Crippen LogP contribution is -2.27. The van der Waals surface area contributed by atoms with Crippen LogP contribution in [-0.4, -0.2) is 16.2 Å². The van der Waals surface area contributed by atoms with Crippen molar-refractivity contribution in [3.8, 4) is 0 Å². The first-order valence-electron chi connectivity index (χ1n) is 6.40. The van der Waals surface area contributed by atoms with Crippen LogP contribution in [0.5, 0.6) is 0 Å². The number of fused-ring (bicyclic) bond motifs is 2. The smallest absolute Gasteiger partial charge is 0.0612 e. The Hall–Kier alpha value is -0.890. The molecule has 1 heterocycles. The summed E-state index contributed by atoms with van der Waals surface area (Å²) in [5.41, 5.74) is 1.16. The first-order chi connectivity index (χ1) is 7.83. The van der Waals surface area contributed by atoms with Crippen LogP contribution in [0.4, 0.5) is 0 Å². The maximum Gasteiger partial charge on any atom is 0.0612 e. The van der Waals surface area contributed by atoms with E-state index in [1.54, 1.807) is 6.20 Å². The number of rotatable bonds is 3. The van der Waals surface area contributed by atoms with Gasteiger partial charge in [0.25, 0.3) is 0 Å². The van der Waals surface area contributed by atoms with E-state index >= 15 is 0 Å². The molecule has 0 aromatic carbocycles. The molecule has 2 saturated carbocycles. The molecule has 2 heteroatoms. The highest BCUT2D eigenvalue weighted by Gasteiger charge is 2.42. The van der Waals surface area contributed by atoms with Gasteiger partial charge in [-0.15, -0.1) is 0 Å². The van der Waals surface area contributed by atoms with Gasteiger partial charge in [0.2, 0.25) is 0 Å². The Balaban J connectivity index is 1.64. The van der Waals surface area contributed by atoms with Crippen molar-refractivity contribution in [3.05, 3.63) is 30.1 Å². The van der Waals surface area contributed by atoms with Crippen molar-refractivity contribution in [2.45, 2.75) is 38.2 Å². The van der Waals surface area contributed by atoms with E-state index in [0.717, 1.165) is 23.8 Å². The summed E-state index contributed by atoms with van der Waals surface area (Å²) >= 11 is 0. The van der Waals surface area contributed by atoms with E-state index in [1.807, 2.05) is 12.3 Å². The van der Waals surface area contributed by atoms with E-state index in [0.29, 0.717) is 5.92 Å². The van der Waals surface area contributed by atoms with Crippen LogP contribution in [-0.2, 0) is 6.42 Å². The number of hydrogen-bond donors (Lipinski definition) is 1. The van der Waals surface area contributed by atoms with E-state index in [9.17, 15) is 5.11 Å². The van der Waals surface area contributed by atoms with E-state index in [2.05, 4.69) is 11.1 Å². The highest BCUT2D eigenvalue weighted by molar-refractivity contribution is 5.10. The van der Waals surface area contributed by atoms with Crippen molar-refractivity contribution >= 4 is 0 Å². The zero-order valence-corrected chi connectivity index (χ0v) is 9.55. The second-order valence-electron chi connectivity index (χ2n) is 5.47. The Morgan fingerprint density at radius 2 is 2.31 bits per heavy atom. The molecular formula is C14H19NO. The molecule has 0 amide bonds. The zero-order chi connectivity index (χ0) is 11.0. The van der Waals surface area contributed by atoms with Crippen LogP contribution in [0.3, 0.4) is 0 Å². The van der Waals surface area contributed by atoms with Gasteiger partial charge in [-0.05, 0) is 48.6 Å². The third-order valence-electron chi connectivity index (χ3n) is 4.45. The van der Waals surface area contributed by atoms with Gasteiger partial charge in [-0.1, -0.05) is 12.5 Å².